The van der Waals surface area contributed by atoms with Crippen molar-refractivity contribution in [1.29, 1.82) is 0 Å². The summed E-state index contributed by atoms with van der Waals surface area (Å²) >= 11 is 0. The van der Waals surface area contributed by atoms with Gasteiger partial charge in [-0.2, -0.15) is 0 Å². The number of hydrogen-bond acceptors (Lipinski definition) is 2. The van der Waals surface area contributed by atoms with E-state index in [9.17, 15) is 9.59 Å². The number of carbonyl (C=O) groups excluding carboxylic acids is 2. The molecule has 0 amide bonds. The van der Waals surface area contributed by atoms with Crippen LogP contribution in [0.1, 0.15) is 41.0 Å². The van der Waals surface area contributed by atoms with E-state index in [1.54, 1.807) is 6.08 Å². The molecule has 0 N–H and O–H groups in total. The van der Waals surface area contributed by atoms with Crippen LogP contribution in [-0.4, -0.2) is 11.6 Å². The molecular formula is C14H20O2. The maximum atomic E-state index is 11.8. The average molecular weight is 220 g/mol. The third-order valence-electron chi connectivity index (χ3n) is 3.72. The van der Waals surface area contributed by atoms with E-state index in [0.29, 0.717) is 12.3 Å². The number of ketones is 2. The van der Waals surface area contributed by atoms with Crippen LogP contribution in [0.2, 0.25) is 0 Å². The Morgan fingerprint density at radius 1 is 1.44 bits per heavy atom. The highest BCUT2D eigenvalue weighted by atomic mass is 16.1. The van der Waals surface area contributed by atoms with Crippen LogP contribution in [0.15, 0.2) is 23.3 Å². The van der Waals surface area contributed by atoms with Crippen LogP contribution < -0.4 is 0 Å². The molecule has 2 nitrogen and oxygen atoms in total. The molecule has 1 rings (SSSR count). The summed E-state index contributed by atoms with van der Waals surface area (Å²) in [6.07, 6.45) is 3.97. The molecule has 0 aromatic heterocycles. The molecule has 0 saturated carbocycles. The Bertz CT molecular complexity index is 384. The quantitative estimate of drug-likeness (QED) is 0.670. The molecule has 0 aromatic rings. The van der Waals surface area contributed by atoms with Gasteiger partial charge >= 0.3 is 0 Å². The van der Waals surface area contributed by atoms with Gasteiger partial charge in [0.25, 0.3) is 0 Å². The molecule has 0 fully saturated rings. The lowest BCUT2D eigenvalue weighted by Gasteiger charge is -2.38. The molecule has 1 atom stereocenters. The molecule has 88 valence electrons. The van der Waals surface area contributed by atoms with Crippen molar-refractivity contribution in [3.8, 4) is 0 Å². The molecule has 1 aliphatic rings. The van der Waals surface area contributed by atoms with Gasteiger partial charge in [0.2, 0.25) is 0 Å². The zero-order valence-electron chi connectivity index (χ0n) is 10.8. The van der Waals surface area contributed by atoms with Crippen LogP contribution in [0, 0.1) is 11.3 Å². The molecule has 0 spiro atoms. The Kier molecular flexibility index (Phi) is 3.51. The van der Waals surface area contributed by atoms with Crippen molar-refractivity contribution in [3.05, 3.63) is 23.3 Å². The fraction of sp³-hybridized carbons (Fsp3) is 0.571. The lowest BCUT2D eigenvalue weighted by atomic mass is 9.66. The van der Waals surface area contributed by atoms with Crippen molar-refractivity contribution in [2.24, 2.45) is 11.3 Å². The normalized spacial score (nSPS) is 25.3. The molecule has 2 heteroatoms. The van der Waals surface area contributed by atoms with Crippen LogP contribution in [-0.2, 0) is 9.59 Å². The first-order valence-electron chi connectivity index (χ1n) is 5.70. The average Bonchev–Trinajstić information content (AvgIpc) is 2.14. The summed E-state index contributed by atoms with van der Waals surface area (Å²) in [5, 5.41) is 0. The number of carbonyl (C=O) groups is 2. The second-order valence-corrected chi connectivity index (χ2v) is 5.23. The lowest BCUT2D eigenvalue weighted by molar-refractivity contribution is -0.118. The SMILES string of the molecule is CC(=O)/C=C/C1=C(C)C(=O)CC(C)C1(C)C. The zero-order valence-corrected chi connectivity index (χ0v) is 10.8. The van der Waals surface area contributed by atoms with Gasteiger partial charge in [-0.1, -0.05) is 26.8 Å². The van der Waals surface area contributed by atoms with Crippen molar-refractivity contribution >= 4 is 11.6 Å². The standard InChI is InChI=1S/C14H20O2/c1-9-8-13(16)11(3)12(14(9,4)5)7-6-10(2)15/h6-7,9H,8H2,1-5H3/b7-6+. The predicted molar refractivity (Wildman–Crippen MR) is 65.1 cm³/mol. The van der Waals surface area contributed by atoms with Crippen molar-refractivity contribution in [3.63, 3.8) is 0 Å². The monoisotopic (exact) mass is 220 g/mol. The van der Waals surface area contributed by atoms with E-state index in [-0.39, 0.29) is 17.0 Å². The topological polar surface area (TPSA) is 34.1 Å². The molecule has 1 aliphatic carbocycles. The molecule has 0 aromatic carbocycles. The van der Waals surface area contributed by atoms with E-state index in [1.165, 1.54) is 6.92 Å². The minimum absolute atomic E-state index is 0.0155. The van der Waals surface area contributed by atoms with Crippen LogP contribution in [0.3, 0.4) is 0 Å². The minimum Gasteiger partial charge on any atom is -0.295 e. The van der Waals surface area contributed by atoms with Crippen molar-refractivity contribution in [2.75, 3.05) is 0 Å². The molecular weight excluding hydrogens is 200 g/mol. The summed E-state index contributed by atoms with van der Waals surface area (Å²) in [4.78, 5) is 22.7. The fourth-order valence-corrected chi connectivity index (χ4v) is 2.13. The third kappa shape index (κ3) is 2.31. The van der Waals surface area contributed by atoms with Crippen molar-refractivity contribution < 1.29 is 9.59 Å². The summed E-state index contributed by atoms with van der Waals surface area (Å²) < 4.78 is 0. The van der Waals surface area contributed by atoms with Crippen molar-refractivity contribution in [2.45, 2.75) is 41.0 Å². The summed E-state index contributed by atoms with van der Waals surface area (Å²) in [6, 6.07) is 0. The summed E-state index contributed by atoms with van der Waals surface area (Å²) in [5.74, 6) is 0.534. The van der Waals surface area contributed by atoms with Crippen molar-refractivity contribution in [1.82, 2.24) is 0 Å². The van der Waals surface area contributed by atoms with E-state index in [4.69, 9.17) is 0 Å². The predicted octanol–water partition coefficient (Wildman–Crippen LogP) is 3.08. The van der Waals surface area contributed by atoms with Gasteiger partial charge in [0.15, 0.2) is 11.6 Å². The molecule has 0 bridgehead atoms. The summed E-state index contributed by atoms with van der Waals surface area (Å²) in [5.41, 5.74) is 1.77. The Morgan fingerprint density at radius 3 is 2.50 bits per heavy atom. The van der Waals surface area contributed by atoms with Gasteiger partial charge in [-0.05, 0) is 42.4 Å². The Balaban J connectivity index is 3.22. The van der Waals surface area contributed by atoms with E-state index in [0.717, 1.165) is 11.1 Å². The Hall–Kier alpha value is -1.18. The highest BCUT2D eigenvalue weighted by Crippen LogP contribution is 2.43. The van der Waals surface area contributed by atoms with Gasteiger partial charge in [-0.25, -0.2) is 0 Å². The second kappa shape index (κ2) is 4.36. The van der Waals surface area contributed by atoms with E-state index in [1.807, 2.05) is 13.0 Å². The second-order valence-electron chi connectivity index (χ2n) is 5.23. The fourth-order valence-electron chi connectivity index (χ4n) is 2.13. The third-order valence-corrected chi connectivity index (χ3v) is 3.72. The molecule has 16 heavy (non-hydrogen) atoms. The van der Waals surface area contributed by atoms with Gasteiger partial charge < -0.3 is 0 Å². The molecule has 1 unspecified atom stereocenters. The van der Waals surface area contributed by atoms with Gasteiger partial charge in [0.1, 0.15) is 0 Å². The Labute approximate surface area is 97.4 Å². The minimum atomic E-state index is -0.0378. The van der Waals surface area contributed by atoms with Gasteiger partial charge in [-0.15, -0.1) is 0 Å². The number of rotatable bonds is 2. The molecule has 0 saturated heterocycles. The van der Waals surface area contributed by atoms with Gasteiger partial charge in [0, 0.05) is 6.42 Å². The highest BCUT2D eigenvalue weighted by molar-refractivity contribution is 5.98. The lowest BCUT2D eigenvalue weighted by Crippen LogP contribution is -2.32. The van der Waals surface area contributed by atoms with Crippen LogP contribution in [0.5, 0.6) is 0 Å². The van der Waals surface area contributed by atoms with Gasteiger partial charge in [-0.3, -0.25) is 9.59 Å². The maximum absolute atomic E-state index is 11.8. The van der Waals surface area contributed by atoms with Crippen LogP contribution in [0.25, 0.3) is 0 Å². The first-order valence-corrected chi connectivity index (χ1v) is 5.70. The van der Waals surface area contributed by atoms with E-state index < -0.39 is 0 Å². The maximum Gasteiger partial charge on any atom is 0.159 e. The van der Waals surface area contributed by atoms with Gasteiger partial charge in [0.05, 0.1) is 0 Å². The number of Topliss-reactive ketones (excluding diaryl/α,β-unsaturated/α-hetero) is 1. The first-order chi connectivity index (χ1) is 7.26. The highest BCUT2D eigenvalue weighted by Gasteiger charge is 2.36. The summed E-state index contributed by atoms with van der Waals surface area (Å²) in [6.45, 7) is 9.73. The number of allylic oxidation sites excluding steroid dienone is 4. The van der Waals surface area contributed by atoms with E-state index in [2.05, 4.69) is 20.8 Å². The van der Waals surface area contributed by atoms with Crippen LogP contribution in [0.4, 0.5) is 0 Å². The smallest absolute Gasteiger partial charge is 0.159 e. The first kappa shape index (κ1) is 12.9. The zero-order chi connectivity index (χ0) is 12.5. The summed E-state index contributed by atoms with van der Waals surface area (Å²) in [7, 11) is 0. The Morgan fingerprint density at radius 2 is 2.00 bits per heavy atom. The number of hydrogen-bond donors (Lipinski definition) is 0. The van der Waals surface area contributed by atoms with Crippen LogP contribution >= 0.6 is 0 Å². The molecule has 0 aliphatic heterocycles. The molecule has 0 heterocycles. The largest absolute Gasteiger partial charge is 0.295 e. The molecule has 0 radical (unpaired) electrons. The van der Waals surface area contributed by atoms with E-state index >= 15 is 0 Å².